The molecule has 0 bridgehead atoms. The van der Waals surface area contributed by atoms with Gasteiger partial charge in [-0.1, -0.05) is 25.1 Å². The van der Waals surface area contributed by atoms with Crippen molar-refractivity contribution in [2.45, 2.75) is 13.0 Å². The third-order valence-corrected chi connectivity index (χ3v) is 4.57. The van der Waals surface area contributed by atoms with E-state index in [2.05, 4.69) is 17.2 Å². The molecule has 1 aliphatic heterocycles. The zero-order chi connectivity index (χ0) is 13.9. The Bertz CT molecular complexity index is 584. The summed E-state index contributed by atoms with van der Waals surface area (Å²) in [6.07, 6.45) is 0.0902. The minimum Gasteiger partial charge on any atom is -0.398 e. The summed E-state index contributed by atoms with van der Waals surface area (Å²) in [5.74, 6) is 0. The topological polar surface area (TPSA) is 51.4 Å². The van der Waals surface area contributed by atoms with Crippen molar-refractivity contribution in [3.8, 4) is 11.3 Å². The van der Waals surface area contributed by atoms with Crippen molar-refractivity contribution < 1.29 is 4.74 Å². The molecular formula is C15H19N3OS. The molecule has 20 heavy (non-hydrogen) atoms. The molecule has 106 valence electrons. The number of anilines is 1. The molecular weight excluding hydrogens is 270 g/mol. The average molecular weight is 289 g/mol. The lowest BCUT2D eigenvalue weighted by atomic mass is 10.1. The second-order valence-electron chi connectivity index (χ2n) is 4.91. The molecule has 0 amide bonds. The summed E-state index contributed by atoms with van der Waals surface area (Å²) < 4.78 is 5.85. The number of nitrogen functional groups attached to an aromatic ring is 1. The molecule has 0 spiro atoms. The van der Waals surface area contributed by atoms with Crippen LogP contribution in [0.25, 0.3) is 11.3 Å². The first-order chi connectivity index (χ1) is 9.78. The van der Waals surface area contributed by atoms with Crippen molar-refractivity contribution in [2.24, 2.45) is 0 Å². The highest BCUT2D eigenvalue weighted by atomic mass is 32.1. The van der Waals surface area contributed by atoms with E-state index in [0.29, 0.717) is 0 Å². The lowest BCUT2D eigenvalue weighted by molar-refractivity contribution is -0.0282. The molecule has 1 aromatic heterocycles. The van der Waals surface area contributed by atoms with Gasteiger partial charge in [0.15, 0.2) is 0 Å². The van der Waals surface area contributed by atoms with E-state index in [-0.39, 0.29) is 6.10 Å². The fourth-order valence-corrected chi connectivity index (χ4v) is 3.29. The first-order valence-electron chi connectivity index (χ1n) is 6.92. The number of hydrogen-bond donors (Lipinski definition) is 1. The maximum atomic E-state index is 6.01. The van der Waals surface area contributed by atoms with Gasteiger partial charge in [-0.15, -0.1) is 11.3 Å². The highest BCUT2D eigenvalue weighted by Crippen LogP contribution is 2.31. The Balaban J connectivity index is 1.82. The van der Waals surface area contributed by atoms with E-state index in [1.807, 2.05) is 24.3 Å². The van der Waals surface area contributed by atoms with E-state index in [1.165, 1.54) is 0 Å². The van der Waals surface area contributed by atoms with Crippen LogP contribution in [0, 0.1) is 0 Å². The summed E-state index contributed by atoms with van der Waals surface area (Å²) in [4.78, 5) is 7.12. The predicted octanol–water partition coefficient (Wildman–Crippen LogP) is 2.79. The maximum absolute atomic E-state index is 6.01. The van der Waals surface area contributed by atoms with Gasteiger partial charge in [-0.2, -0.15) is 0 Å². The van der Waals surface area contributed by atoms with Crippen LogP contribution in [0.15, 0.2) is 29.6 Å². The Kier molecular flexibility index (Phi) is 4.00. The van der Waals surface area contributed by atoms with E-state index >= 15 is 0 Å². The summed E-state index contributed by atoms with van der Waals surface area (Å²) in [7, 11) is 0. The Morgan fingerprint density at radius 3 is 3.10 bits per heavy atom. The van der Waals surface area contributed by atoms with Crippen molar-refractivity contribution in [1.82, 2.24) is 9.88 Å². The van der Waals surface area contributed by atoms with Gasteiger partial charge in [-0.3, -0.25) is 4.90 Å². The largest absolute Gasteiger partial charge is 0.398 e. The molecule has 1 saturated heterocycles. The number of hydrogen-bond acceptors (Lipinski definition) is 5. The highest BCUT2D eigenvalue weighted by Gasteiger charge is 2.23. The van der Waals surface area contributed by atoms with Crippen molar-refractivity contribution in [3.63, 3.8) is 0 Å². The van der Waals surface area contributed by atoms with Crippen LogP contribution < -0.4 is 5.73 Å². The number of thiazole rings is 1. The van der Waals surface area contributed by atoms with Crippen LogP contribution in [-0.2, 0) is 4.74 Å². The SMILES string of the molecule is CCN1CCOC(c2nc(-c3ccccc3N)cs2)C1. The molecule has 1 unspecified atom stereocenters. The smallest absolute Gasteiger partial charge is 0.124 e. The van der Waals surface area contributed by atoms with E-state index in [4.69, 9.17) is 15.5 Å². The van der Waals surface area contributed by atoms with Gasteiger partial charge in [0.2, 0.25) is 0 Å². The van der Waals surface area contributed by atoms with Crippen LogP contribution in [0.4, 0.5) is 5.69 Å². The summed E-state index contributed by atoms with van der Waals surface area (Å²) in [5, 5.41) is 3.11. The molecule has 0 aliphatic carbocycles. The molecule has 4 nitrogen and oxygen atoms in total. The third kappa shape index (κ3) is 2.70. The molecule has 5 heteroatoms. The van der Waals surface area contributed by atoms with Gasteiger partial charge < -0.3 is 10.5 Å². The summed E-state index contributed by atoms with van der Waals surface area (Å²) >= 11 is 1.65. The van der Waals surface area contributed by atoms with Gasteiger partial charge in [0, 0.05) is 29.7 Å². The van der Waals surface area contributed by atoms with Gasteiger partial charge in [-0.25, -0.2) is 4.98 Å². The Morgan fingerprint density at radius 2 is 2.30 bits per heavy atom. The quantitative estimate of drug-likeness (QED) is 0.883. The van der Waals surface area contributed by atoms with Crippen LogP contribution in [-0.4, -0.2) is 36.1 Å². The number of para-hydroxylation sites is 1. The number of nitrogens with two attached hydrogens (primary N) is 1. The molecule has 2 heterocycles. The molecule has 1 fully saturated rings. The third-order valence-electron chi connectivity index (χ3n) is 3.63. The number of nitrogens with zero attached hydrogens (tertiary/aromatic N) is 2. The van der Waals surface area contributed by atoms with Crippen LogP contribution in [0.1, 0.15) is 18.0 Å². The van der Waals surface area contributed by atoms with Gasteiger partial charge in [-0.05, 0) is 12.6 Å². The lowest BCUT2D eigenvalue weighted by Gasteiger charge is -2.30. The number of morpholine rings is 1. The molecule has 1 aliphatic rings. The number of rotatable bonds is 3. The maximum Gasteiger partial charge on any atom is 0.124 e. The monoisotopic (exact) mass is 289 g/mol. The van der Waals surface area contributed by atoms with Gasteiger partial charge in [0.05, 0.1) is 12.3 Å². The molecule has 2 N–H and O–H groups in total. The normalized spacial score (nSPS) is 20.1. The first kappa shape index (κ1) is 13.5. The van der Waals surface area contributed by atoms with Crippen molar-refractivity contribution in [1.29, 1.82) is 0 Å². The van der Waals surface area contributed by atoms with Gasteiger partial charge in [0.25, 0.3) is 0 Å². The van der Waals surface area contributed by atoms with Crippen molar-refractivity contribution in [2.75, 3.05) is 32.0 Å². The minimum absolute atomic E-state index is 0.0902. The zero-order valence-electron chi connectivity index (χ0n) is 11.6. The predicted molar refractivity (Wildman–Crippen MR) is 82.8 cm³/mol. The Morgan fingerprint density at radius 1 is 1.45 bits per heavy atom. The highest BCUT2D eigenvalue weighted by molar-refractivity contribution is 7.10. The first-order valence-corrected chi connectivity index (χ1v) is 7.80. The Labute approximate surface area is 123 Å². The molecule has 0 radical (unpaired) electrons. The summed E-state index contributed by atoms with van der Waals surface area (Å²) in [5.41, 5.74) is 8.72. The number of benzene rings is 1. The summed E-state index contributed by atoms with van der Waals surface area (Å²) in [6, 6.07) is 7.84. The van der Waals surface area contributed by atoms with E-state index in [1.54, 1.807) is 11.3 Å². The fraction of sp³-hybridized carbons (Fsp3) is 0.400. The number of aromatic nitrogens is 1. The van der Waals surface area contributed by atoms with Gasteiger partial charge in [0.1, 0.15) is 11.1 Å². The van der Waals surface area contributed by atoms with E-state index in [0.717, 1.165) is 48.2 Å². The van der Waals surface area contributed by atoms with Crippen LogP contribution in [0.2, 0.25) is 0 Å². The second-order valence-corrected chi connectivity index (χ2v) is 5.80. The summed E-state index contributed by atoms with van der Waals surface area (Å²) in [6.45, 7) is 5.95. The fourth-order valence-electron chi connectivity index (χ4n) is 2.43. The van der Waals surface area contributed by atoms with Crippen molar-refractivity contribution in [3.05, 3.63) is 34.7 Å². The van der Waals surface area contributed by atoms with Gasteiger partial charge >= 0.3 is 0 Å². The minimum atomic E-state index is 0.0902. The van der Waals surface area contributed by atoms with E-state index < -0.39 is 0 Å². The molecule has 1 atom stereocenters. The molecule has 1 aromatic carbocycles. The lowest BCUT2D eigenvalue weighted by Crippen LogP contribution is -2.37. The molecule has 0 saturated carbocycles. The van der Waals surface area contributed by atoms with Crippen molar-refractivity contribution >= 4 is 17.0 Å². The Hall–Kier alpha value is -1.43. The molecule has 2 aromatic rings. The van der Waals surface area contributed by atoms with Crippen LogP contribution in [0.3, 0.4) is 0 Å². The average Bonchev–Trinajstić information content (AvgIpc) is 2.97. The van der Waals surface area contributed by atoms with Crippen LogP contribution in [0.5, 0.6) is 0 Å². The van der Waals surface area contributed by atoms with E-state index in [9.17, 15) is 0 Å². The number of ether oxygens (including phenoxy) is 1. The van der Waals surface area contributed by atoms with Crippen LogP contribution >= 0.6 is 11.3 Å². The molecule has 3 rings (SSSR count). The standard InChI is InChI=1S/C15H19N3OS/c1-2-18-7-8-19-14(9-18)15-17-13(10-20-15)11-5-3-4-6-12(11)16/h3-6,10,14H,2,7-9,16H2,1H3. The number of likely N-dealkylation sites (N-methyl/N-ethyl adjacent to an activating group) is 1. The second kappa shape index (κ2) is 5.91. The zero-order valence-corrected chi connectivity index (χ0v) is 12.4.